The van der Waals surface area contributed by atoms with E-state index in [-0.39, 0.29) is 6.61 Å². The van der Waals surface area contributed by atoms with E-state index in [1.807, 2.05) is 36.4 Å². The van der Waals surface area contributed by atoms with Crippen LogP contribution in [0, 0.1) is 0 Å². The Labute approximate surface area is 128 Å². The summed E-state index contributed by atoms with van der Waals surface area (Å²) in [6.45, 7) is 13.3. The molecular weight excluding hydrogens is 262 g/mol. The minimum absolute atomic E-state index is 0.286. The number of aliphatic hydroxyl groups excluding tert-OH is 1. The average molecular weight is 289 g/mol. The molecule has 0 aromatic heterocycles. The Kier molecular flexibility index (Phi) is 7.80. The minimum atomic E-state index is -0.524. The van der Waals surface area contributed by atoms with Gasteiger partial charge in [-0.1, -0.05) is 30.4 Å². The van der Waals surface area contributed by atoms with Gasteiger partial charge >= 0.3 is 0 Å². The summed E-state index contributed by atoms with van der Waals surface area (Å²) in [4.78, 5) is 2.16. The Morgan fingerprint density at radius 3 is 2.57 bits per heavy atom. The molecule has 0 aliphatic rings. The van der Waals surface area contributed by atoms with Crippen LogP contribution in [0.15, 0.2) is 49.6 Å². The van der Waals surface area contributed by atoms with Gasteiger partial charge in [0.1, 0.15) is 18.5 Å². The average Bonchev–Trinajstić information content (AvgIpc) is 2.46. The smallest absolute Gasteiger partial charge is 0.122 e. The third kappa shape index (κ3) is 6.15. The summed E-state index contributed by atoms with van der Waals surface area (Å²) < 4.78 is 5.76. The summed E-state index contributed by atoms with van der Waals surface area (Å²) in [7, 11) is 0. The van der Waals surface area contributed by atoms with Crippen LogP contribution in [0.5, 0.6) is 5.75 Å². The van der Waals surface area contributed by atoms with Crippen LogP contribution in [0.2, 0.25) is 0 Å². The van der Waals surface area contributed by atoms with Crippen molar-refractivity contribution in [3.05, 3.63) is 55.1 Å². The molecule has 1 aromatic rings. The molecule has 1 aromatic carbocycles. The number of hydrogen-bond donors (Lipinski definition) is 1. The molecule has 0 fully saturated rings. The quantitative estimate of drug-likeness (QED) is 0.672. The lowest BCUT2D eigenvalue weighted by Gasteiger charge is -2.27. The van der Waals surface area contributed by atoms with Gasteiger partial charge in [0.2, 0.25) is 0 Å². The van der Waals surface area contributed by atoms with E-state index in [2.05, 4.69) is 31.9 Å². The van der Waals surface area contributed by atoms with Gasteiger partial charge in [0.25, 0.3) is 0 Å². The molecule has 1 rings (SSSR count). The summed E-state index contributed by atoms with van der Waals surface area (Å²) in [5.74, 6) is 0.816. The molecule has 3 heteroatoms. The van der Waals surface area contributed by atoms with Gasteiger partial charge in [0.15, 0.2) is 0 Å². The maximum atomic E-state index is 10.2. The van der Waals surface area contributed by atoms with Crippen LogP contribution in [0.4, 0.5) is 0 Å². The van der Waals surface area contributed by atoms with Crippen molar-refractivity contribution in [2.24, 2.45) is 0 Å². The molecule has 3 nitrogen and oxygen atoms in total. The maximum absolute atomic E-state index is 10.2. The Balaban J connectivity index is 2.54. The second-order valence-corrected chi connectivity index (χ2v) is 5.40. The van der Waals surface area contributed by atoms with Crippen LogP contribution >= 0.6 is 0 Å². The lowest BCUT2D eigenvalue weighted by Crippen LogP contribution is -2.39. The van der Waals surface area contributed by atoms with Gasteiger partial charge in [-0.3, -0.25) is 4.90 Å². The molecule has 0 aliphatic carbocycles. The lowest BCUT2D eigenvalue weighted by molar-refractivity contribution is 0.0620. The second-order valence-electron chi connectivity index (χ2n) is 5.40. The highest BCUT2D eigenvalue weighted by atomic mass is 16.5. The first-order valence-electron chi connectivity index (χ1n) is 7.43. The molecule has 1 atom stereocenters. The highest BCUT2D eigenvalue weighted by Crippen LogP contribution is 2.19. The van der Waals surface area contributed by atoms with Crippen LogP contribution < -0.4 is 4.74 Å². The van der Waals surface area contributed by atoms with Crippen molar-refractivity contribution < 1.29 is 9.84 Å². The standard InChI is InChI=1S/C18H27NO2/c1-5-9-16-10-7-8-11-18(16)21-14-17(20)13-19(12-6-2)15(3)4/h5-8,10-11,15,17,20H,1-2,9,12-14H2,3-4H3. The number of allylic oxidation sites excluding steroid dienone is 1. The molecule has 0 saturated heterocycles. The largest absolute Gasteiger partial charge is 0.491 e. The third-order valence-electron chi connectivity index (χ3n) is 3.31. The van der Waals surface area contributed by atoms with Crippen LogP contribution in [0.1, 0.15) is 19.4 Å². The zero-order valence-electron chi connectivity index (χ0n) is 13.2. The van der Waals surface area contributed by atoms with Gasteiger partial charge in [0, 0.05) is 19.1 Å². The maximum Gasteiger partial charge on any atom is 0.122 e. The summed E-state index contributed by atoms with van der Waals surface area (Å²) in [6.07, 6.45) is 3.95. The van der Waals surface area contributed by atoms with Crippen molar-refractivity contribution >= 4 is 0 Å². The minimum Gasteiger partial charge on any atom is -0.491 e. The zero-order valence-corrected chi connectivity index (χ0v) is 13.2. The summed E-state index contributed by atoms with van der Waals surface area (Å²) in [5.41, 5.74) is 1.09. The van der Waals surface area contributed by atoms with Crippen molar-refractivity contribution in [1.82, 2.24) is 4.90 Å². The van der Waals surface area contributed by atoms with Crippen molar-refractivity contribution in [2.75, 3.05) is 19.7 Å². The molecule has 0 radical (unpaired) electrons. The molecule has 1 unspecified atom stereocenters. The predicted molar refractivity (Wildman–Crippen MR) is 88.8 cm³/mol. The van der Waals surface area contributed by atoms with Crippen LogP contribution in [0.3, 0.4) is 0 Å². The summed E-state index contributed by atoms with van der Waals surface area (Å²) in [6, 6.07) is 8.22. The number of aliphatic hydroxyl groups is 1. The molecule has 116 valence electrons. The van der Waals surface area contributed by atoms with E-state index in [0.29, 0.717) is 12.6 Å². The highest BCUT2D eigenvalue weighted by Gasteiger charge is 2.14. The van der Waals surface area contributed by atoms with E-state index in [0.717, 1.165) is 24.3 Å². The molecular formula is C18H27NO2. The Bertz CT molecular complexity index is 443. The molecule has 0 saturated carbocycles. The molecule has 21 heavy (non-hydrogen) atoms. The molecule has 0 heterocycles. The second kappa shape index (κ2) is 9.37. The Morgan fingerprint density at radius 1 is 1.24 bits per heavy atom. The summed E-state index contributed by atoms with van der Waals surface area (Å²) in [5, 5.41) is 10.2. The van der Waals surface area contributed by atoms with Crippen molar-refractivity contribution in [3.8, 4) is 5.75 Å². The molecule has 0 amide bonds. The van der Waals surface area contributed by atoms with Crippen molar-refractivity contribution in [2.45, 2.75) is 32.4 Å². The van der Waals surface area contributed by atoms with E-state index in [1.54, 1.807) is 0 Å². The highest BCUT2D eigenvalue weighted by molar-refractivity contribution is 5.34. The van der Waals surface area contributed by atoms with Crippen LogP contribution in [-0.4, -0.2) is 41.8 Å². The topological polar surface area (TPSA) is 32.7 Å². The fraction of sp³-hybridized carbons (Fsp3) is 0.444. The first-order chi connectivity index (χ1) is 10.1. The number of benzene rings is 1. The first-order valence-corrected chi connectivity index (χ1v) is 7.43. The molecule has 1 N–H and O–H groups in total. The van der Waals surface area contributed by atoms with Gasteiger partial charge in [0.05, 0.1) is 0 Å². The molecule has 0 bridgehead atoms. The molecule has 0 aliphatic heterocycles. The van der Waals surface area contributed by atoms with Gasteiger partial charge in [-0.2, -0.15) is 0 Å². The Hall–Kier alpha value is -1.58. The van der Waals surface area contributed by atoms with Gasteiger partial charge < -0.3 is 9.84 Å². The van der Waals surface area contributed by atoms with E-state index in [4.69, 9.17) is 4.74 Å². The monoisotopic (exact) mass is 289 g/mol. The van der Waals surface area contributed by atoms with Crippen LogP contribution in [0.25, 0.3) is 0 Å². The van der Waals surface area contributed by atoms with E-state index < -0.39 is 6.10 Å². The van der Waals surface area contributed by atoms with Gasteiger partial charge in [-0.05, 0) is 31.9 Å². The third-order valence-corrected chi connectivity index (χ3v) is 3.31. The lowest BCUT2D eigenvalue weighted by atomic mass is 10.1. The number of rotatable bonds is 10. The van der Waals surface area contributed by atoms with E-state index in [9.17, 15) is 5.11 Å². The van der Waals surface area contributed by atoms with E-state index >= 15 is 0 Å². The fourth-order valence-corrected chi connectivity index (χ4v) is 2.14. The fourth-order valence-electron chi connectivity index (χ4n) is 2.14. The van der Waals surface area contributed by atoms with Gasteiger partial charge in [-0.15, -0.1) is 13.2 Å². The zero-order chi connectivity index (χ0) is 15.7. The van der Waals surface area contributed by atoms with Crippen LogP contribution in [-0.2, 0) is 6.42 Å². The van der Waals surface area contributed by atoms with E-state index in [1.165, 1.54) is 0 Å². The summed E-state index contributed by atoms with van der Waals surface area (Å²) >= 11 is 0. The van der Waals surface area contributed by atoms with Crippen molar-refractivity contribution in [3.63, 3.8) is 0 Å². The Morgan fingerprint density at radius 2 is 1.95 bits per heavy atom. The van der Waals surface area contributed by atoms with Crippen molar-refractivity contribution in [1.29, 1.82) is 0 Å². The number of hydrogen-bond acceptors (Lipinski definition) is 3. The molecule has 0 spiro atoms. The number of para-hydroxylation sites is 1. The SMILES string of the molecule is C=CCc1ccccc1OCC(O)CN(CC=C)C(C)C. The predicted octanol–water partition coefficient (Wildman–Crippen LogP) is 3.05. The first kappa shape index (κ1) is 17.5. The number of nitrogens with zero attached hydrogens (tertiary/aromatic N) is 1. The normalized spacial score (nSPS) is 12.4. The van der Waals surface area contributed by atoms with Gasteiger partial charge in [-0.25, -0.2) is 0 Å². The number of ether oxygens (including phenoxy) is 1.